The number of carbonyl (C=O) groups excluding carboxylic acids is 1. The van der Waals surface area contributed by atoms with Crippen molar-refractivity contribution in [3.8, 4) is 5.75 Å². The Bertz CT molecular complexity index is 903. The summed E-state index contributed by atoms with van der Waals surface area (Å²) in [5, 5.41) is 4.45. The van der Waals surface area contributed by atoms with E-state index in [1.807, 2.05) is 30.6 Å². The highest BCUT2D eigenvalue weighted by atomic mass is 127. The van der Waals surface area contributed by atoms with Crippen LogP contribution in [0.5, 0.6) is 5.75 Å². The molecule has 0 saturated carbocycles. The lowest BCUT2D eigenvalue weighted by Gasteiger charge is -2.41. The molecule has 152 valence electrons. The second-order valence-electron chi connectivity index (χ2n) is 6.98. The van der Waals surface area contributed by atoms with Crippen LogP contribution < -0.4 is 9.64 Å². The number of hydrogen-bond acceptors (Lipinski definition) is 4. The molecule has 0 N–H and O–H groups in total. The predicted molar refractivity (Wildman–Crippen MR) is 123 cm³/mol. The van der Waals surface area contributed by atoms with Gasteiger partial charge in [-0.2, -0.15) is 5.10 Å². The summed E-state index contributed by atoms with van der Waals surface area (Å²) in [6, 6.07) is 3.20. The molecular weight excluding hydrogens is 589 g/mol. The second-order valence-corrected chi connectivity index (χ2v) is 9.16. The highest BCUT2D eigenvalue weighted by Crippen LogP contribution is 2.31. The average Bonchev–Trinajstić information content (AvgIpc) is 2.88. The molecule has 3 rings (SSSR count). The summed E-state index contributed by atoms with van der Waals surface area (Å²) in [5.41, 5.74) is 2.64. The number of ether oxygens (including phenoxy) is 1. The number of aromatic nitrogens is 2. The van der Waals surface area contributed by atoms with Crippen molar-refractivity contribution in [3.63, 3.8) is 0 Å². The maximum Gasteiger partial charge on any atom is 0.244 e. The average molecular weight is 612 g/mol. The molecular formula is C19H23FI2N4O2. The molecule has 1 aromatic carbocycles. The third-order valence-corrected chi connectivity index (χ3v) is 7.11. The van der Waals surface area contributed by atoms with Gasteiger partial charge in [-0.3, -0.25) is 9.48 Å². The van der Waals surface area contributed by atoms with Crippen LogP contribution in [0.15, 0.2) is 12.1 Å². The summed E-state index contributed by atoms with van der Waals surface area (Å²) in [6.45, 7) is 7.90. The topological polar surface area (TPSA) is 50.6 Å². The van der Waals surface area contributed by atoms with Gasteiger partial charge in [-0.05, 0) is 72.0 Å². The fraction of sp³-hybridized carbons (Fsp3) is 0.474. The molecule has 0 spiro atoms. The summed E-state index contributed by atoms with van der Waals surface area (Å²) in [5.74, 6) is 0.423. The monoisotopic (exact) mass is 612 g/mol. The first-order chi connectivity index (χ1) is 13.2. The van der Waals surface area contributed by atoms with Crippen LogP contribution in [0.3, 0.4) is 0 Å². The number of amides is 1. The minimum atomic E-state index is -0.269. The van der Waals surface area contributed by atoms with Gasteiger partial charge in [-0.1, -0.05) is 0 Å². The molecule has 2 heterocycles. The van der Waals surface area contributed by atoms with Crippen molar-refractivity contribution < 1.29 is 13.9 Å². The molecule has 6 nitrogen and oxygen atoms in total. The summed E-state index contributed by atoms with van der Waals surface area (Å²) >= 11 is 4.25. The van der Waals surface area contributed by atoms with Crippen molar-refractivity contribution in [2.24, 2.45) is 0 Å². The molecule has 2 aromatic rings. The molecule has 1 fully saturated rings. The molecule has 1 aliphatic rings. The van der Waals surface area contributed by atoms with Gasteiger partial charge in [0, 0.05) is 43.0 Å². The number of nitrogens with zero attached hydrogens (tertiary/aromatic N) is 4. The first-order valence-electron chi connectivity index (χ1n) is 8.99. The summed E-state index contributed by atoms with van der Waals surface area (Å²) in [7, 11) is 1.58. The van der Waals surface area contributed by atoms with Gasteiger partial charge in [-0.25, -0.2) is 4.39 Å². The number of hydrogen-bond donors (Lipinski definition) is 0. The molecule has 1 amide bonds. The van der Waals surface area contributed by atoms with E-state index in [9.17, 15) is 9.18 Å². The minimum Gasteiger partial charge on any atom is -0.496 e. The van der Waals surface area contributed by atoms with Crippen molar-refractivity contribution in [2.75, 3.05) is 31.6 Å². The number of carbonyl (C=O) groups is 1. The maximum atomic E-state index is 14.5. The summed E-state index contributed by atoms with van der Waals surface area (Å²) in [4.78, 5) is 16.7. The van der Waals surface area contributed by atoms with Crippen LogP contribution in [0.2, 0.25) is 0 Å². The zero-order chi connectivity index (χ0) is 20.6. The van der Waals surface area contributed by atoms with E-state index in [1.165, 1.54) is 6.07 Å². The molecule has 0 aliphatic carbocycles. The summed E-state index contributed by atoms with van der Waals surface area (Å²) in [6.07, 6.45) is 0. The van der Waals surface area contributed by atoms with Crippen molar-refractivity contribution in [3.05, 3.63) is 36.5 Å². The molecule has 0 radical (unpaired) electrons. The normalized spacial score (nSPS) is 17.2. The van der Waals surface area contributed by atoms with Crippen molar-refractivity contribution in [1.82, 2.24) is 14.7 Å². The Hall–Kier alpha value is -1.11. The van der Waals surface area contributed by atoms with Crippen molar-refractivity contribution in [1.29, 1.82) is 0 Å². The van der Waals surface area contributed by atoms with Gasteiger partial charge < -0.3 is 14.5 Å². The molecule has 1 aromatic heterocycles. The van der Waals surface area contributed by atoms with E-state index >= 15 is 0 Å². The fourth-order valence-electron chi connectivity index (χ4n) is 3.44. The van der Waals surface area contributed by atoms with Gasteiger partial charge in [0.1, 0.15) is 21.8 Å². The summed E-state index contributed by atoms with van der Waals surface area (Å²) < 4.78 is 23.3. The zero-order valence-electron chi connectivity index (χ0n) is 16.3. The quantitative estimate of drug-likeness (QED) is 0.496. The third kappa shape index (κ3) is 4.24. The third-order valence-electron chi connectivity index (χ3n) is 5.24. The van der Waals surface area contributed by atoms with Gasteiger partial charge in [0.15, 0.2) is 0 Å². The van der Waals surface area contributed by atoms with E-state index in [0.717, 1.165) is 18.5 Å². The van der Waals surface area contributed by atoms with Crippen LogP contribution in [-0.2, 0) is 11.3 Å². The number of rotatable bonds is 4. The van der Waals surface area contributed by atoms with Crippen LogP contribution >= 0.6 is 45.2 Å². The number of halogens is 3. The lowest BCUT2D eigenvalue weighted by Crippen LogP contribution is -2.55. The van der Waals surface area contributed by atoms with E-state index in [4.69, 9.17) is 4.74 Å². The molecule has 0 bridgehead atoms. The van der Waals surface area contributed by atoms with E-state index in [-0.39, 0.29) is 24.3 Å². The highest BCUT2D eigenvalue weighted by Gasteiger charge is 2.29. The lowest BCUT2D eigenvalue weighted by atomic mass is 10.1. The first-order valence-corrected chi connectivity index (χ1v) is 11.2. The van der Waals surface area contributed by atoms with Gasteiger partial charge in [0.05, 0.1) is 16.4 Å². The lowest BCUT2D eigenvalue weighted by molar-refractivity contribution is -0.134. The fourth-order valence-corrected chi connectivity index (χ4v) is 4.74. The largest absolute Gasteiger partial charge is 0.496 e. The van der Waals surface area contributed by atoms with Crippen LogP contribution in [-0.4, -0.2) is 53.4 Å². The van der Waals surface area contributed by atoms with E-state index < -0.39 is 0 Å². The van der Waals surface area contributed by atoms with Crippen LogP contribution in [0.4, 0.5) is 10.1 Å². The Labute approximate surface area is 191 Å². The van der Waals surface area contributed by atoms with Gasteiger partial charge in [-0.15, -0.1) is 0 Å². The molecule has 1 atom stereocenters. The molecule has 1 saturated heterocycles. The van der Waals surface area contributed by atoms with Gasteiger partial charge in [0.25, 0.3) is 0 Å². The van der Waals surface area contributed by atoms with E-state index in [0.29, 0.717) is 31.1 Å². The Morgan fingerprint density at radius 1 is 1.32 bits per heavy atom. The van der Waals surface area contributed by atoms with E-state index in [1.54, 1.807) is 17.9 Å². The van der Waals surface area contributed by atoms with Crippen molar-refractivity contribution >= 4 is 56.8 Å². The van der Waals surface area contributed by atoms with Crippen LogP contribution in [0.1, 0.15) is 18.2 Å². The Morgan fingerprint density at radius 2 is 2.04 bits per heavy atom. The molecule has 1 aliphatic heterocycles. The molecule has 0 unspecified atom stereocenters. The van der Waals surface area contributed by atoms with Crippen LogP contribution in [0, 0.1) is 26.9 Å². The number of methoxy groups -OCH3 is 1. The molecule has 9 heteroatoms. The zero-order valence-corrected chi connectivity index (χ0v) is 20.6. The standard InChI is InChI=1S/C19H23FI2N4O2/c1-11-9-24(16-8-17(28-4)15(21)7-14(16)20)5-6-25(11)18(27)10-26-13(3)12(2)19(22)23-26/h7-8,11H,5-6,9-10H2,1-4H3/t11-/m0/s1. The second kappa shape index (κ2) is 8.72. The smallest absolute Gasteiger partial charge is 0.244 e. The highest BCUT2D eigenvalue weighted by molar-refractivity contribution is 14.1. The Kier molecular flexibility index (Phi) is 6.72. The number of benzene rings is 1. The number of anilines is 1. The predicted octanol–water partition coefficient (Wildman–Crippen LogP) is 3.59. The first kappa shape index (κ1) is 21.6. The molecule has 28 heavy (non-hydrogen) atoms. The maximum absolute atomic E-state index is 14.5. The Morgan fingerprint density at radius 3 is 2.61 bits per heavy atom. The van der Waals surface area contributed by atoms with Crippen LogP contribution in [0.25, 0.3) is 0 Å². The Balaban J connectivity index is 1.71. The minimum absolute atomic E-state index is 0.0260. The van der Waals surface area contributed by atoms with E-state index in [2.05, 4.69) is 50.3 Å². The van der Waals surface area contributed by atoms with Gasteiger partial charge >= 0.3 is 0 Å². The SMILES string of the molecule is COc1cc(N2CCN(C(=O)Cn3nc(I)c(C)c3C)[C@@H](C)C2)c(F)cc1I. The van der Waals surface area contributed by atoms with Crippen molar-refractivity contribution in [2.45, 2.75) is 33.4 Å². The van der Waals surface area contributed by atoms with Gasteiger partial charge in [0.2, 0.25) is 5.91 Å². The number of piperazine rings is 1.